The highest BCUT2D eigenvalue weighted by Gasteiger charge is 2.13. The topological polar surface area (TPSA) is 72.2 Å². The number of hydrogen-bond acceptors (Lipinski definition) is 4. The first-order chi connectivity index (χ1) is 8.97. The molecule has 1 N–H and O–H groups in total. The van der Waals surface area contributed by atoms with Crippen LogP contribution in [0, 0.1) is 24.0 Å². The van der Waals surface area contributed by atoms with Crippen molar-refractivity contribution in [2.45, 2.75) is 13.8 Å². The predicted octanol–water partition coefficient (Wildman–Crippen LogP) is 3.53. The number of benzene rings is 1. The van der Waals surface area contributed by atoms with Gasteiger partial charge < -0.3 is 5.32 Å². The molecule has 2 aromatic rings. The number of non-ortho nitro benzene ring substituents is 1. The van der Waals surface area contributed by atoms with Crippen LogP contribution in [0.15, 0.2) is 30.3 Å². The summed E-state index contributed by atoms with van der Waals surface area (Å²) in [6, 6.07) is 8.00. The van der Waals surface area contributed by atoms with E-state index in [4.69, 9.17) is 0 Å². The average Bonchev–Trinajstić information content (AvgIpc) is 2.78. The van der Waals surface area contributed by atoms with Crippen molar-refractivity contribution >= 4 is 28.6 Å². The van der Waals surface area contributed by atoms with Crippen LogP contribution in [0.4, 0.5) is 11.4 Å². The van der Waals surface area contributed by atoms with Gasteiger partial charge in [0.2, 0.25) is 0 Å². The molecule has 1 heterocycles. The summed E-state index contributed by atoms with van der Waals surface area (Å²) >= 11 is 1.39. The first-order valence-electron chi connectivity index (χ1n) is 5.60. The van der Waals surface area contributed by atoms with E-state index in [0.717, 1.165) is 10.4 Å². The standard InChI is InChI=1S/C13H12N2O3S/c1-8-3-5-10(15(17)18)7-11(8)14-13(16)12-6-4-9(2)19-12/h3-7H,1-2H3,(H,14,16). The lowest BCUT2D eigenvalue weighted by molar-refractivity contribution is -0.384. The van der Waals surface area contributed by atoms with Gasteiger partial charge in [0.1, 0.15) is 0 Å². The molecule has 0 aliphatic rings. The minimum atomic E-state index is -0.482. The summed E-state index contributed by atoms with van der Waals surface area (Å²) in [5.41, 5.74) is 1.21. The lowest BCUT2D eigenvalue weighted by atomic mass is 10.2. The van der Waals surface area contributed by atoms with Crippen molar-refractivity contribution < 1.29 is 9.72 Å². The average molecular weight is 276 g/mol. The van der Waals surface area contributed by atoms with E-state index in [1.807, 2.05) is 13.0 Å². The number of nitro benzene ring substituents is 1. The van der Waals surface area contributed by atoms with E-state index in [1.54, 1.807) is 19.1 Å². The zero-order valence-electron chi connectivity index (χ0n) is 10.5. The molecule has 0 saturated heterocycles. The summed E-state index contributed by atoms with van der Waals surface area (Å²) in [5.74, 6) is -0.248. The van der Waals surface area contributed by atoms with Crippen molar-refractivity contribution in [3.8, 4) is 0 Å². The van der Waals surface area contributed by atoms with E-state index in [9.17, 15) is 14.9 Å². The number of hydrogen-bond donors (Lipinski definition) is 1. The van der Waals surface area contributed by atoms with Crippen LogP contribution in [0.25, 0.3) is 0 Å². The minimum Gasteiger partial charge on any atom is -0.321 e. The molecule has 98 valence electrons. The number of rotatable bonds is 3. The Hall–Kier alpha value is -2.21. The molecule has 0 unspecified atom stereocenters. The number of aryl methyl sites for hydroxylation is 2. The van der Waals surface area contributed by atoms with Gasteiger partial charge in [0.15, 0.2) is 0 Å². The highest BCUT2D eigenvalue weighted by molar-refractivity contribution is 7.14. The molecule has 6 heteroatoms. The SMILES string of the molecule is Cc1ccc(C(=O)Nc2cc([N+](=O)[O-])ccc2C)s1. The first kappa shape index (κ1) is 13.2. The van der Waals surface area contributed by atoms with E-state index in [2.05, 4.69) is 5.32 Å². The van der Waals surface area contributed by atoms with Gasteiger partial charge in [0.05, 0.1) is 15.5 Å². The number of amides is 1. The molecule has 2 rings (SSSR count). The van der Waals surface area contributed by atoms with Gasteiger partial charge in [0, 0.05) is 17.0 Å². The van der Waals surface area contributed by atoms with Crippen LogP contribution >= 0.6 is 11.3 Å². The number of carbonyl (C=O) groups excluding carboxylic acids is 1. The summed E-state index contributed by atoms with van der Waals surface area (Å²) in [5, 5.41) is 13.4. The zero-order chi connectivity index (χ0) is 14.0. The molecule has 19 heavy (non-hydrogen) atoms. The fraction of sp³-hybridized carbons (Fsp3) is 0.154. The Labute approximate surface area is 114 Å². The van der Waals surface area contributed by atoms with E-state index in [-0.39, 0.29) is 11.6 Å². The Balaban J connectivity index is 2.25. The molecule has 1 amide bonds. The van der Waals surface area contributed by atoms with Gasteiger partial charge in [-0.3, -0.25) is 14.9 Å². The van der Waals surface area contributed by atoms with Crippen molar-refractivity contribution in [2.75, 3.05) is 5.32 Å². The lowest BCUT2D eigenvalue weighted by Gasteiger charge is -2.06. The molecule has 0 fully saturated rings. The van der Waals surface area contributed by atoms with Crippen LogP contribution in [0.3, 0.4) is 0 Å². The van der Waals surface area contributed by atoms with Gasteiger partial charge in [-0.05, 0) is 31.5 Å². The van der Waals surface area contributed by atoms with Crippen molar-refractivity contribution in [1.29, 1.82) is 0 Å². The molecule has 0 aliphatic carbocycles. The molecule has 0 radical (unpaired) electrons. The quantitative estimate of drug-likeness (QED) is 0.688. The van der Waals surface area contributed by atoms with Crippen LogP contribution in [0.5, 0.6) is 0 Å². The Morgan fingerprint density at radius 3 is 2.58 bits per heavy atom. The molecule has 0 spiro atoms. The van der Waals surface area contributed by atoms with Crippen LogP contribution in [-0.4, -0.2) is 10.8 Å². The molecular formula is C13H12N2O3S. The third-order valence-electron chi connectivity index (χ3n) is 2.64. The Morgan fingerprint density at radius 1 is 1.26 bits per heavy atom. The summed E-state index contributed by atoms with van der Waals surface area (Å²) in [6.07, 6.45) is 0. The van der Waals surface area contributed by atoms with Crippen molar-refractivity contribution in [3.63, 3.8) is 0 Å². The van der Waals surface area contributed by atoms with Gasteiger partial charge in [-0.15, -0.1) is 11.3 Å². The largest absolute Gasteiger partial charge is 0.321 e. The summed E-state index contributed by atoms with van der Waals surface area (Å²) in [4.78, 5) is 23.9. The van der Waals surface area contributed by atoms with Crippen molar-refractivity contribution in [1.82, 2.24) is 0 Å². The number of nitrogens with one attached hydrogen (secondary N) is 1. The molecule has 0 saturated carbocycles. The maximum absolute atomic E-state index is 12.0. The monoisotopic (exact) mass is 276 g/mol. The van der Waals surface area contributed by atoms with Gasteiger partial charge in [-0.1, -0.05) is 6.07 Å². The predicted molar refractivity (Wildman–Crippen MR) is 74.8 cm³/mol. The first-order valence-corrected chi connectivity index (χ1v) is 6.42. The second-order valence-electron chi connectivity index (χ2n) is 4.12. The summed E-state index contributed by atoms with van der Waals surface area (Å²) in [6.45, 7) is 3.71. The van der Waals surface area contributed by atoms with Crippen LogP contribution in [-0.2, 0) is 0 Å². The van der Waals surface area contributed by atoms with Crippen molar-refractivity contribution in [2.24, 2.45) is 0 Å². The van der Waals surface area contributed by atoms with E-state index in [1.165, 1.54) is 23.5 Å². The lowest BCUT2D eigenvalue weighted by Crippen LogP contribution is -2.11. The molecule has 1 aromatic carbocycles. The van der Waals surface area contributed by atoms with Crippen LogP contribution in [0.1, 0.15) is 20.1 Å². The Kier molecular flexibility index (Phi) is 3.62. The molecule has 0 atom stereocenters. The second kappa shape index (κ2) is 5.19. The number of thiophene rings is 1. The van der Waals surface area contributed by atoms with Crippen LogP contribution in [0.2, 0.25) is 0 Å². The number of carbonyl (C=O) groups is 1. The van der Waals surface area contributed by atoms with Gasteiger partial charge in [-0.2, -0.15) is 0 Å². The molecule has 1 aromatic heterocycles. The Bertz CT molecular complexity index is 649. The van der Waals surface area contributed by atoms with Crippen LogP contribution < -0.4 is 5.32 Å². The number of nitrogens with zero attached hydrogens (tertiary/aromatic N) is 1. The van der Waals surface area contributed by atoms with Gasteiger partial charge in [0.25, 0.3) is 11.6 Å². The van der Waals surface area contributed by atoms with E-state index in [0.29, 0.717) is 10.6 Å². The number of anilines is 1. The van der Waals surface area contributed by atoms with Gasteiger partial charge >= 0.3 is 0 Å². The second-order valence-corrected chi connectivity index (χ2v) is 5.41. The normalized spacial score (nSPS) is 10.2. The third-order valence-corrected chi connectivity index (χ3v) is 3.64. The molecule has 5 nitrogen and oxygen atoms in total. The summed E-state index contributed by atoms with van der Waals surface area (Å²) in [7, 11) is 0. The molecular weight excluding hydrogens is 264 g/mol. The number of nitro groups is 1. The zero-order valence-corrected chi connectivity index (χ0v) is 11.3. The Morgan fingerprint density at radius 2 is 2.00 bits per heavy atom. The highest BCUT2D eigenvalue weighted by Crippen LogP contribution is 2.23. The third kappa shape index (κ3) is 2.97. The smallest absolute Gasteiger partial charge is 0.271 e. The molecule has 0 bridgehead atoms. The van der Waals surface area contributed by atoms with E-state index >= 15 is 0 Å². The maximum Gasteiger partial charge on any atom is 0.271 e. The highest BCUT2D eigenvalue weighted by atomic mass is 32.1. The minimum absolute atomic E-state index is 0.0386. The fourth-order valence-electron chi connectivity index (χ4n) is 1.60. The van der Waals surface area contributed by atoms with E-state index < -0.39 is 4.92 Å². The van der Waals surface area contributed by atoms with Gasteiger partial charge in [-0.25, -0.2) is 0 Å². The molecule has 0 aliphatic heterocycles. The maximum atomic E-state index is 12.0. The summed E-state index contributed by atoms with van der Waals surface area (Å²) < 4.78 is 0. The van der Waals surface area contributed by atoms with Crippen molar-refractivity contribution in [3.05, 3.63) is 55.8 Å². The fourth-order valence-corrected chi connectivity index (χ4v) is 2.36.